The summed E-state index contributed by atoms with van der Waals surface area (Å²) in [7, 11) is 3.18. The van der Waals surface area contributed by atoms with Gasteiger partial charge >= 0.3 is 11.9 Å². The molecule has 0 bridgehead atoms. The highest BCUT2D eigenvalue weighted by atomic mass is 32.1. The summed E-state index contributed by atoms with van der Waals surface area (Å²) in [6, 6.07) is 10.3. The number of nitrogens with one attached hydrogen (secondary N) is 2. The average molecular weight is 489 g/mol. The van der Waals surface area contributed by atoms with Gasteiger partial charge in [0.05, 0.1) is 37.6 Å². The van der Waals surface area contributed by atoms with Gasteiger partial charge in [0.1, 0.15) is 0 Å². The van der Waals surface area contributed by atoms with Crippen molar-refractivity contribution in [2.24, 2.45) is 0 Å². The predicted octanol–water partition coefficient (Wildman–Crippen LogP) is 4.36. The molecule has 34 heavy (non-hydrogen) atoms. The number of carbonyl (C=O) groups is 2. The third-order valence-electron chi connectivity index (χ3n) is 4.49. The second-order valence-corrected chi connectivity index (χ2v) is 8.44. The molecular formula is C25H32N2O6S. The number of hydrogen-bond acceptors (Lipinski definition) is 7. The van der Waals surface area contributed by atoms with Gasteiger partial charge < -0.3 is 29.6 Å². The second kappa shape index (κ2) is 12.8. The number of esters is 2. The smallest absolute Gasteiger partial charge is 0.338 e. The molecule has 2 aromatic rings. The maximum atomic E-state index is 12.4. The number of anilines is 1. The first-order valence-corrected chi connectivity index (χ1v) is 11.4. The summed E-state index contributed by atoms with van der Waals surface area (Å²) in [6.45, 7) is 7.58. The van der Waals surface area contributed by atoms with Crippen LogP contribution in [0.5, 0.6) is 11.5 Å². The van der Waals surface area contributed by atoms with Crippen LogP contribution in [0.3, 0.4) is 0 Å². The van der Waals surface area contributed by atoms with Gasteiger partial charge in [0, 0.05) is 12.2 Å². The molecule has 0 aliphatic rings. The molecule has 0 fully saturated rings. The molecule has 0 amide bonds. The quantitative estimate of drug-likeness (QED) is 0.373. The normalized spacial score (nSPS) is 10.6. The van der Waals surface area contributed by atoms with Gasteiger partial charge in [0.2, 0.25) is 0 Å². The third kappa shape index (κ3) is 8.22. The highest BCUT2D eigenvalue weighted by Gasteiger charge is 2.17. The van der Waals surface area contributed by atoms with E-state index in [9.17, 15) is 9.59 Å². The molecular weight excluding hydrogens is 456 g/mol. The van der Waals surface area contributed by atoms with E-state index in [1.165, 1.54) is 6.07 Å². The first-order valence-electron chi connectivity index (χ1n) is 11.0. The first kappa shape index (κ1) is 26.9. The molecule has 0 saturated carbocycles. The molecule has 0 atom stereocenters. The summed E-state index contributed by atoms with van der Waals surface area (Å²) in [5.74, 6) is 0.250. The van der Waals surface area contributed by atoms with E-state index >= 15 is 0 Å². The molecule has 0 aliphatic carbocycles. The number of rotatable bonds is 10. The Kier molecular flexibility index (Phi) is 10.1. The lowest BCUT2D eigenvalue weighted by Crippen LogP contribution is -2.30. The topological polar surface area (TPSA) is 95.1 Å². The molecule has 0 heterocycles. The fraction of sp³-hybridized carbons (Fsp3) is 0.400. The molecule has 0 saturated heterocycles. The number of thiocarbonyl (C=S) groups is 1. The van der Waals surface area contributed by atoms with E-state index in [4.69, 9.17) is 31.2 Å². The lowest BCUT2D eigenvalue weighted by molar-refractivity contribution is 0.0377. The van der Waals surface area contributed by atoms with E-state index in [1.807, 2.05) is 18.2 Å². The van der Waals surface area contributed by atoms with Crippen molar-refractivity contribution in [1.29, 1.82) is 0 Å². The average Bonchev–Trinajstić information content (AvgIpc) is 2.77. The van der Waals surface area contributed by atoms with Crippen LogP contribution in [0.25, 0.3) is 0 Å². The molecule has 9 heteroatoms. The Balaban J connectivity index is 2.09. The predicted molar refractivity (Wildman–Crippen MR) is 135 cm³/mol. The van der Waals surface area contributed by atoms with Crippen LogP contribution in [-0.4, -0.2) is 50.0 Å². The van der Waals surface area contributed by atoms with Crippen LogP contribution >= 0.6 is 12.2 Å². The zero-order valence-corrected chi connectivity index (χ0v) is 21.2. The Bertz CT molecular complexity index is 982. The summed E-state index contributed by atoms with van der Waals surface area (Å²) in [4.78, 5) is 24.9. The van der Waals surface area contributed by atoms with Gasteiger partial charge in [0.15, 0.2) is 16.6 Å². The van der Waals surface area contributed by atoms with Crippen LogP contribution in [0.1, 0.15) is 54.0 Å². The summed E-state index contributed by atoms with van der Waals surface area (Å²) < 4.78 is 21.1. The van der Waals surface area contributed by atoms with Gasteiger partial charge in [-0.3, -0.25) is 0 Å². The van der Waals surface area contributed by atoms with Gasteiger partial charge in [-0.05, 0) is 82.2 Å². The lowest BCUT2D eigenvalue weighted by atomic mass is 10.1. The maximum absolute atomic E-state index is 12.4. The molecule has 0 aliphatic heterocycles. The monoisotopic (exact) mass is 488 g/mol. The van der Waals surface area contributed by atoms with Crippen LogP contribution in [0, 0.1) is 0 Å². The molecule has 0 spiro atoms. The van der Waals surface area contributed by atoms with Gasteiger partial charge in [-0.1, -0.05) is 6.07 Å². The van der Waals surface area contributed by atoms with Gasteiger partial charge in [-0.2, -0.15) is 0 Å². The number of methoxy groups -OCH3 is 2. The Hall–Kier alpha value is -3.33. The van der Waals surface area contributed by atoms with Crippen molar-refractivity contribution < 1.29 is 28.5 Å². The summed E-state index contributed by atoms with van der Waals surface area (Å²) in [6.07, 6.45) is 0.0959. The maximum Gasteiger partial charge on any atom is 0.338 e. The molecule has 2 aromatic carbocycles. The molecule has 2 N–H and O–H groups in total. The minimum absolute atomic E-state index is 0.225. The first-order chi connectivity index (χ1) is 16.1. The molecule has 184 valence electrons. The Morgan fingerprint density at radius 1 is 0.853 bits per heavy atom. The largest absolute Gasteiger partial charge is 0.493 e. The second-order valence-electron chi connectivity index (χ2n) is 8.03. The number of carbonyl (C=O) groups excluding carboxylic acids is 2. The van der Waals surface area contributed by atoms with Crippen molar-refractivity contribution in [3.05, 3.63) is 53.1 Å². The van der Waals surface area contributed by atoms with Crippen molar-refractivity contribution in [3.63, 3.8) is 0 Å². The van der Waals surface area contributed by atoms with E-state index in [2.05, 4.69) is 10.6 Å². The molecule has 0 aromatic heterocycles. The third-order valence-corrected chi connectivity index (χ3v) is 4.74. The van der Waals surface area contributed by atoms with Crippen LogP contribution in [0.4, 0.5) is 5.69 Å². The van der Waals surface area contributed by atoms with Crippen molar-refractivity contribution in [2.75, 3.05) is 26.1 Å². The molecule has 0 radical (unpaired) electrons. The van der Waals surface area contributed by atoms with Crippen LogP contribution in [0.2, 0.25) is 0 Å². The summed E-state index contributed by atoms with van der Waals surface area (Å²) in [5.41, 5.74) is 1.97. The van der Waals surface area contributed by atoms with Gasteiger partial charge in [-0.15, -0.1) is 0 Å². The minimum atomic E-state index is -0.537. The number of ether oxygens (including phenoxy) is 4. The standard InChI is InChI=1S/C25H32N2O6S/c1-15(2)32-23(28)18-12-19(24(29)33-16(3)4)14-20(13-18)27-25(34)26-10-9-17-7-8-21(30-5)22(11-17)31-6/h7-8,11-16H,9-10H2,1-6H3,(H2,26,27,34). The number of benzene rings is 2. The zero-order chi connectivity index (χ0) is 25.3. The molecule has 2 rings (SSSR count). The highest BCUT2D eigenvalue weighted by molar-refractivity contribution is 7.80. The van der Waals surface area contributed by atoms with Gasteiger partial charge in [-0.25, -0.2) is 9.59 Å². The molecule has 8 nitrogen and oxygen atoms in total. The highest BCUT2D eigenvalue weighted by Crippen LogP contribution is 2.27. The van der Waals surface area contributed by atoms with Crippen LogP contribution < -0.4 is 20.1 Å². The van der Waals surface area contributed by atoms with E-state index < -0.39 is 11.9 Å². The van der Waals surface area contributed by atoms with Crippen LogP contribution in [-0.2, 0) is 15.9 Å². The summed E-state index contributed by atoms with van der Waals surface area (Å²) in [5, 5.41) is 6.50. The minimum Gasteiger partial charge on any atom is -0.493 e. The fourth-order valence-corrected chi connectivity index (χ4v) is 3.25. The van der Waals surface area contributed by atoms with Crippen molar-refractivity contribution in [2.45, 2.75) is 46.3 Å². The SMILES string of the molecule is COc1ccc(CCNC(=S)Nc2cc(C(=O)OC(C)C)cc(C(=O)OC(C)C)c2)cc1OC. The van der Waals surface area contributed by atoms with Crippen molar-refractivity contribution >= 4 is 35.0 Å². The zero-order valence-electron chi connectivity index (χ0n) is 20.4. The van der Waals surface area contributed by atoms with Crippen molar-refractivity contribution in [3.8, 4) is 11.5 Å². The molecule has 0 unspecified atom stereocenters. The Morgan fingerprint density at radius 3 is 1.91 bits per heavy atom. The summed E-state index contributed by atoms with van der Waals surface area (Å²) >= 11 is 5.40. The van der Waals surface area contributed by atoms with E-state index in [0.29, 0.717) is 35.3 Å². The fourth-order valence-electron chi connectivity index (χ4n) is 3.03. The Morgan fingerprint density at radius 2 is 1.41 bits per heavy atom. The van der Waals surface area contributed by atoms with E-state index in [0.717, 1.165) is 5.56 Å². The van der Waals surface area contributed by atoms with Crippen LogP contribution in [0.15, 0.2) is 36.4 Å². The number of hydrogen-bond donors (Lipinski definition) is 2. The van der Waals surface area contributed by atoms with E-state index in [1.54, 1.807) is 54.0 Å². The van der Waals surface area contributed by atoms with Gasteiger partial charge in [0.25, 0.3) is 0 Å². The lowest BCUT2D eigenvalue weighted by Gasteiger charge is -2.15. The van der Waals surface area contributed by atoms with E-state index in [-0.39, 0.29) is 23.3 Å². The Labute approximate surface area is 205 Å². The van der Waals surface area contributed by atoms with Crippen molar-refractivity contribution in [1.82, 2.24) is 5.32 Å².